The van der Waals surface area contributed by atoms with E-state index >= 15 is 0 Å². The highest BCUT2D eigenvalue weighted by atomic mass is 28.3. The Kier molecular flexibility index (Phi) is 9.79. The summed E-state index contributed by atoms with van der Waals surface area (Å²) in [5.41, 5.74) is 8.85. The first-order valence-electron chi connectivity index (χ1n) is 23.0. The van der Waals surface area contributed by atoms with Crippen LogP contribution in [-0.4, -0.2) is 32.2 Å². The Bertz CT molecular complexity index is 3440. The van der Waals surface area contributed by atoms with Crippen LogP contribution in [0.4, 0.5) is 0 Å². The molecule has 322 valence electrons. The molecule has 0 amide bonds. The second-order valence-electron chi connectivity index (χ2n) is 19.9. The van der Waals surface area contributed by atoms with Gasteiger partial charge in [-0.05, 0) is 92.1 Å². The van der Waals surface area contributed by atoms with Crippen LogP contribution >= 0.6 is 0 Å². The minimum absolute atomic E-state index is 0.0323. The zero-order valence-electron chi connectivity index (χ0n) is 38.7. The molecule has 0 saturated heterocycles. The molecule has 0 N–H and O–H groups in total. The molecule has 5 nitrogen and oxygen atoms in total. The molecule has 0 aliphatic carbocycles. The van der Waals surface area contributed by atoms with Crippen LogP contribution in [0.1, 0.15) is 58.2 Å². The molecule has 0 unspecified atom stereocenters. The summed E-state index contributed by atoms with van der Waals surface area (Å²) in [5, 5.41) is 9.89. The van der Waals surface area contributed by atoms with Crippen molar-refractivity contribution in [3.05, 3.63) is 211 Å². The van der Waals surface area contributed by atoms with Crippen LogP contribution in [-0.2, 0) is 10.8 Å². The van der Waals surface area contributed by atoms with Crippen LogP contribution in [0, 0.1) is 6.92 Å². The summed E-state index contributed by atoms with van der Waals surface area (Å²) in [6.45, 7) is 15.8. The fourth-order valence-corrected chi connectivity index (χ4v) is 14.9. The third kappa shape index (κ3) is 6.78. The van der Waals surface area contributed by atoms with Crippen molar-refractivity contribution in [1.82, 2.24) is 24.1 Å². The molecule has 66 heavy (non-hydrogen) atoms. The van der Waals surface area contributed by atoms with Gasteiger partial charge < -0.3 is 0 Å². The SMILES string of the molecule is Cc1ccc2c(c1)c1ccccc1n2-c1nc(-c2cccc([Si](c3ccccc3)(c3ccccc3)c3ccccc3)c2)nc(-n2c3ccc(C(C)(C)C)cc3c3cc(C(C)(C)C)ccc32)n1. The van der Waals surface area contributed by atoms with Crippen LogP contribution < -0.4 is 20.7 Å². The van der Waals surface area contributed by atoms with Gasteiger partial charge >= 0.3 is 0 Å². The fraction of sp³-hybridized carbons (Fsp3) is 0.150. The highest BCUT2D eigenvalue weighted by Crippen LogP contribution is 2.38. The van der Waals surface area contributed by atoms with Crippen molar-refractivity contribution in [2.75, 3.05) is 0 Å². The zero-order chi connectivity index (χ0) is 45.4. The zero-order valence-corrected chi connectivity index (χ0v) is 39.7. The number of nitrogens with zero attached hydrogens (tertiary/aromatic N) is 5. The summed E-state index contributed by atoms with van der Waals surface area (Å²) >= 11 is 0. The van der Waals surface area contributed by atoms with Gasteiger partial charge in [-0.3, -0.25) is 9.13 Å². The number of aryl methyl sites for hydroxylation is 1. The molecule has 0 bridgehead atoms. The number of rotatable bonds is 7. The monoisotopic (exact) mass is 871 g/mol. The molecular weight excluding hydrogens is 819 g/mol. The summed E-state index contributed by atoms with van der Waals surface area (Å²) in [6.07, 6.45) is 0. The van der Waals surface area contributed by atoms with Gasteiger partial charge in [0.1, 0.15) is 0 Å². The Morgan fingerprint density at radius 2 is 0.788 bits per heavy atom. The van der Waals surface area contributed by atoms with Crippen LogP contribution in [0.3, 0.4) is 0 Å². The van der Waals surface area contributed by atoms with Crippen molar-refractivity contribution in [2.24, 2.45) is 0 Å². The quantitative estimate of drug-likeness (QED) is 0.118. The maximum Gasteiger partial charge on any atom is 0.240 e. The predicted molar refractivity (Wildman–Crippen MR) is 280 cm³/mol. The van der Waals surface area contributed by atoms with E-state index in [4.69, 9.17) is 15.0 Å². The maximum absolute atomic E-state index is 5.56. The van der Waals surface area contributed by atoms with E-state index in [0.717, 1.165) is 33.0 Å². The summed E-state index contributed by atoms with van der Waals surface area (Å²) in [6, 6.07) is 71.3. The molecule has 0 fully saturated rings. The minimum Gasteiger partial charge on any atom is -0.278 e. The minimum atomic E-state index is -2.87. The first-order chi connectivity index (χ1) is 31.9. The van der Waals surface area contributed by atoms with E-state index in [1.54, 1.807) is 0 Å². The maximum atomic E-state index is 5.56. The van der Waals surface area contributed by atoms with Crippen LogP contribution in [0.15, 0.2) is 194 Å². The molecule has 3 heterocycles. The largest absolute Gasteiger partial charge is 0.278 e. The van der Waals surface area contributed by atoms with Gasteiger partial charge in [-0.25, -0.2) is 0 Å². The van der Waals surface area contributed by atoms with Crippen molar-refractivity contribution in [3.63, 3.8) is 0 Å². The van der Waals surface area contributed by atoms with Gasteiger partial charge in [-0.15, -0.1) is 0 Å². The lowest BCUT2D eigenvalue weighted by molar-refractivity contribution is 0.590. The average Bonchev–Trinajstić information content (AvgIpc) is 3.84. The summed E-state index contributed by atoms with van der Waals surface area (Å²) < 4.78 is 4.49. The van der Waals surface area contributed by atoms with Gasteiger partial charge in [-0.2, -0.15) is 15.0 Å². The molecule has 3 aromatic heterocycles. The number of benzene rings is 8. The molecule has 8 aromatic carbocycles. The fourth-order valence-electron chi connectivity index (χ4n) is 10.1. The highest BCUT2D eigenvalue weighted by Gasteiger charge is 2.41. The van der Waals surface area contributed by atoms with Gasteiger partial charge in [0.15, 0.2) is 13.9 Å². The summed E-state index contributed by atoms with van der Waals surface area (Å²) in [7, 11) is -2.87. The molecular formula is C60H53N5Si. The molecule has 0 aliphatic heterocycles. The lowest BCUT2D eigenvalue weighted by Gasteiger charge is -2.34. The molecule has 0 radical (unpaired) electrons. The van der Waals surface area contributed by atoms with Crippen LogP contribution in [0.2, 0.25) is 0 Å². The number of hydrogen-bond donors (Lipinski definition) is 0. The van der Waals surface area contributed by atoms with E-state index in [-0.39, 0.29) is 10.8 Å². The molecule has 6 heteroatoms. The Labute approximate surface area is 388 Å². The lowest BCUT2D eigenvalue weighted by atomic mass is 9.85. The first-order valence-corrected chi connectivity index (χ1v) is 25.0. The normalized spacial score (nSPS) is 12.5. The van der Waals surface area contributed by atoms with E-state index in [9.17, 15) is 0 Å². The van der Waals surface area contributed by atoms with E-state index < -0.39 is 8.07 Å². The molecule has 11 rings (SSSR count). The van der Waals surface area contributed by atoms with Crippen molar-refractivity contribution < 1.29 is 0 Å². The van der Waals surface area contributed by atoms with E-state index in [0.29, 0.717) is 17.7 Å². The van der Waals surface area contributed by atoms with Crippen LogP contribution in [0.5, 0.6) is 0 Å². The van der Waals surface area contributed by atoms with Gasteiger partial charge in [0.2, 0.25) is 11.9 Å². The molecule has 0 atom stereocenters. The Morgan fingerprint density at radius 1 is 0.364 bits per heavy atom. The topological polar surface area (TPSA) is 48.5 Å². The smallest absolute Gasteiger partial charge is 0.240 e. The Morgan fingerprint density at radius 3 is 1.29 bits per heavy atom. The lowest BCUT2D eigenvalue weighted by Crippen LogP contribution is -2.74. The van der Waals surface area contributed by atoms with Crippen LogP contribution in [0.25, 0.3) is 66.9 Å². The molecule has 0 saturated carbocycles. The van der Waals surface area contributed by atoms with Crippen molar-refractivity contribution >= 4 is 72.4 Å². The third-order valence-corrected chi connectivity index (χ3v) is 18.3. The molecule has 11 aromatic rings. The van der Waals surface area contributed by atoms with Gasteiger partial charge in [0.05, 0.1) is 22.1 Å². The standard InChI is InChI=1S/C60H53N5Si/c1-40-30-33-53-49(36-40)48-28-17-18-29-52(48)64(53)57-61-56(62-58(63-57)65-54-34-31-42(59(2,3)4)38-50(54)51-39-43(60(5,6)7)32-35-55(51)65)41-20-19-27-47(37-41)66(44-21-11-8-12-22-44,45-23-13-9-14-24-45)46-25-15-10-16-26-46/h8-39H,1-7H3. The van der Waals surface area contributed by atoms with Crippen molar-refractivity contribution in [2.45, 2.75) is 59.3 Å². The Hall–Kier alpha value is -7.41. The predicted octanol–water partition coefficient (Wildman–Crippen LogP) is 12.0. The highest BCUT2D eigenvalue weighted by molar-refractivity contribution is 7.19. The van der Waals surface area contributed by atoms with Gasteiger partial charge in [0.25, 0.3) is 0 Å². The summed E-state index contributed by atoms with van der Waals surface area (Å²) in [5.74, 6) is 1.75. The Balaban J connectivity index is 1.23. The molecule has 0 aliphatic rings. The second-order valence-corrected chi connectivity index (χ2v) is 23.7. The van der Waals surface area contributed by atoms with E-state index in [2.05, 4.69) is 252 Å². The van der Waals surface area contributed by atoms with Gasteiger partial charge in [-0.1, -0.05) is 199 Å². The molecule has 0 spiro atoms. The van der Waals surface area contributed by atoms with E-state index in [1.807, 2.05) is 0 Å². The van der Waals surface area contributed by atoms with Crippen molar-refractivity contribution in [3.8, 4) is 23.3 Å². The second kappa shape index (κ2) is 15.6. The van der Waals surface area contributed by atoms with E-state index in [1.165, 1.54) is 53.6 Å². The third-order valence-electron chi connectivity index (χ3n) is 13.5. The number of fused-ring (bicyclic) bond motifs is 6. The first kappa shape index (κ1) is 41.3. The number of aromatic nitrogens is 5. The average molecular weight is 872 g/mol. The summed E-state index contributed by atoms with van der Waals surface area (Å²) in [4.78, 5) is 16.6. The van der Waals surface area contributed by atoms with Crippen molar-refractivity contribution in [1.29, 1.82) is 0 Å². The number of hydrogen-bond acceptors (Lipinski definition) is 3. The number of para-hydroxylation sites is 1. The van der Waals surface area contributed by atoms with Gasteiger partial charge in [0, 0.05) is 27.1 Å².